The van der Waals surface area contributed by atoms with E-state index in [9.17, 15) is 19.2 Å². The molecule has 15 nitrogen and oxygen atoms in total. The number of esters is 1. The normalized spacial score (nSPS) is 16.8. The van der Waals surface area contributed by atoms with Gasteiger partial charge in [0.1, 0.15) is 24.4 Å². The average Bonchev–Trinajstić information content (AvgIpc) is 3.63. The summed E-state index contributed by atoms with van der Waals surface area (Å²) < 4.78 is 15.7. The zero-order valence-electron chi connectivity index (χ0n) is 31.7. The minimum Gasteiger partial charge on any atom is -0.448 e. The minimum absolute atomic E-state index is 0.0366. The predicted molar refractivity (Wildman–Crippen MR) is 218 cm³/mol. The van der Waals surface area contributed by atoms with Crippen LogP contribution in [0.15, 0.2) is 99.8 Å². The number of alkyl carbamates (subject to hydrolysis) is 1. The van der Waals surface area contributed by atoms with Crippen LogP contribution in [0.2, 0.25) is 0 Å². The van der Waals surface area contributed by atoms with E-state index in [4.69, 9.17) is 20.0 Å². The number of fused-ring (bicyclic) bond motifs is 1. The number of ether oxygens (including phenoxy) is 2. The van der Waals surface area contributed by atoms with Crippen molar-refractivity contribution in [2.24, 2.45) is 5.16 Å². The van der Waals surface area contributed by atoms with Crippen molar-refractivity contribution in [1.82, 2.24) is 29.9 Å². The molecule has 1 fully saturated rings. The Balaban J connectivity index is 1.26. The third kappa shape index (κ3) is 10.3. The molecule has 2 aliphatic rings. The molecule has 4 heterocycles. The van der Waals surface area contributed by atoms with Gasteiger partial charge in [0, 0.05) is 51.8 Å². The van der Waals surface area contributed by atoms with Crippen LogP contribution in [0.1, 0.15) is 62.2 Å². The van der Waals surface area contributed by atoms with E-state index in [2.05, 4.69) is 30.1 Å². The van der Waals surface area contributed by atoms with Gasteiger partial charge in [0.2, 0.25) is 11.5 Å². The molecule has 4 aromatic rings. The molecular weight excluding hydrogens is 789 g/mol. The zero-order valence-corrected chi connectivity index (χ0v) is 34.1. The van der Waals surface area contributed by atoms with Crippen LogP contribution in [0, 0.1) is 0 Å². The van der Waals surface area contributed by atoms with Gasteiger partial charge in [-0.05, 0) is 56.4 Å². The Hall–Kier alpha value is -5.46. The van der Waals surface area contributed by atoms with E-state index in [1.807, 2.05) is 87.5 Å². The first-order valence-electron chi connectivity index (χ1n) is 18.0. The van der Waals surface area contributed by atoms with Gasteiger partial charge in [-0.3, -0.25) is 19.5 Å². The smallest absolute Gasteiger partial charge is 0.407 e. The van der Waals surface area contributed by atoms with E-state index in [0.29, 0.717) is 35.8 Å². The van der Waals surface area contributed by atoms with Crippen molar-refractivity contribution in [2.75, 3.05) is 25.1 Å². The molecule has 0 spiro atoms. The molecule has 2 aliphatic heterocycles. The predicted octanol–water partition coefficient (Wildman–Crippen LogP) is 5.45. The number of β-lactam (4-membered cyclic amide) rings is 1. The lowest BCUT2D eigenvalue weighted by atomic mass is 9.86. The number of aromatic nitrogens is 3. The molecule has 2 aromatic carbocycles. The molecule has 2 aromatic heterocycles. The second-order valence-electron chi connectivity index (χ2n) is 13.8. The van der Waals surface area contributed by atoms with Gasteiger partial charge >= 0.3 is 12.1 Å². The Labute approximate surface area is 342 Å². The highest BCUT2D eigenvalue weighted by atomic mass is 32.2. The molecular formula is C39H42N8O7S3. The Morgan fingerprint density at radius 1 is 1.07 bits per heavy atom. The van der Waals surface area contributed by atoms with Crippen LogP contribution in [0.4, 0.5) is 9.93 Å². The number of nitrogens with two attached hydrogens (primary N) is 1. The van der Waals surface area contributed by atoms with E-state index >= 15 is 0 Å². The highest BCUT2D eigenvalue weighted by molar-refractivity contribution is 8.03. The molecule has 0 aliphatic carbocycles. The van der Waals surface area contributed by atoms with Gasteiger partial charge in [0.25, 0.3) is 11.8 Å². The van der Waals surface area contributed by atoms with Gasteiger partial charge in [0.15, 0.2) is 11.2 Å². The fraction of sp³-hybridized carbons (Fsp3) is 0.333. The maximum absolute atomic E-state index is 14.6. The maximum Gasteiger partial charge on any atom is 0.407 e. The number of thioether (sulfide) groups is 2. The molecule has 57 heavy (non-hydrogen) atoms. The highest BCUT2D eigenvalue weighted by Crippen LogP contribution is 2.45. The van der Waals surface area contributed by atoms with Crippen LogP contribution >= 0.6 is 35.1 Å². The Morgan fingerprint density at radius 3 is 2.40 bits per heavy atom. The number of nitrogens with one attached hydrogen (secondary N) is 2. The lowest BCUT2D eigenvalue weighted by Gasteiger charge is -2.50. The minimum atomic E-state index is -0.967. The SMILES string of the molecule is CON=C(C(=O)N[C@@H]1C(=O)N2C(C(=O)OC(c3ccccc3)c3ccccc3)=C(Sc3ccncc3CSCCNC(=O)OC(C)(C)C)CC[C@H]12)c1nsc(N)n1. The monoisotopic (exact) mass is 830 g/mol. The molecule has 4 N–H and O–H groups in total. The Bertz CT molecular complexity index is 2100. The topological polar surface area (TPSA) is 200 Å². The van der Waals surface area contributed by atoms with E-state index < -0.39 is 47.7 Å². The first-order valence-corrected chi connectivity index (χ1v) is 20.7. The number of rotatable bonds is 15. The summed E-state index contributed by atoms with van der Waals surface area (Å²) in [5.74, 6) is -0.730. The number of nitrogen functional groups attached to an aromatic ring is 1. The number of allylic oxidation sites excluding steroid dienone is 1. The number of hydrogen-bond acceptors (Lipinski definition) is 15. The summed E-state index contributed by atoms with van der Waals surface area (Å²) in [7, 11) is 1.28. The van der Waals surface area contributed by atoms with E-state index in [1.165, 1.54) is 23.8 Å². The highest BCUT2D eigenvalue weighted by Gasteiger charge is 2.54. The molecule has 0 radical (unpaired) electrons. The molecule has 0 unspecified atom stereocenters. The molecule has 3 amide bonds. The first-order chi connectivity index (χ1) is 27.4. The quantitative estimate of drug-likeness (QED) is 0.0450. The van der Waals surface area contributed by atoms with Gasteiger partial charge in [-0.2, -0.15) is 21.1 Å². The van der Waals surface area contributed by atoms with Gasteiger partial charge < -0.3 is 30.7 Å². The number of carbonyl (C=O) groups excluding carboxylic acids is 4. The standard InChI is InChI=1S/C39H42N8O7S3/c1-39(2,3)54-38(51)42-19-20-55-22-25-21-41-18-17-27(25)56-28-16-15-26-29(43-34(48)30(45-52-4)33-44-37(40)57-46-33)35(49)47(26)31(28)36(50)53-32(23-11-7-5-8-12-23)24-13-9-6-10-14-24/h5-14,17-18,21,26,29,32H,15-16,19-20,22H2,1-4H3,(H,42,51)(H,43,48)(H2,40,44,46)/t26-,29+/m1/s1. The third-order valence-electron chi connectivity index (χ3n) is 8.62. The molecule has 298 valence electrons. The number of pyridine rings is 1. The summed E-state index contributed by atoms with van der Waals surface area (Å²) in [6, 6.07) is 19.1. The summed E-state index contributed by atoms with van der Waals surface area (Å²) >= 11 is 3.88. The van der Waals surface area contributed by atoms with Gasteiger partial charge in [-0.1, -0.05) is 77.6 Å². The van der Waals surface area contributed by atoms with E-state index in [0.717, 1.165) is 33.1 Å². The number of benzene rings is 2. The fourth-order valence-electron chi connectivity index (χ4n) is 6.16. The van der Waals surface area contributed by atoms with Crippen LogP contribution in [0.25, 0.3) is 0 Å². The molecule has 1 saturated heterocycles. The Morgan fingerprint density at radius 2 is 1.77 bits per heavy atom. The third-order valence-corrected chi connectivity index (χ3v) is 11.4. The lowest BCUT2D eigenvalue weighted by molar-refractivity contribution is -0.158. The summed E-state index contributed by atoms with van der Waals surface area (Å²) in [6.07, 6.45) is 3.06. The number of anilines is 1. The van der Waals surface area contributed by atoms with Crippen molar-refractivity contribution in [3.63, 3.8) is 0 Å². The molecule has 6 rings (SSSR count). The van der Waals surface area contributed by atoms with Crippen molar-refractivity contribution in [1.29, 1.82) is 0 Å². The van der Waals surface area contributed by atoms with Crippen LogP contribution in [-0.4, -0.2) is 85.9 Å². The van der Waals surface area contributed by atoms with Crippen molar-refractivity contribution in [2.45, 2.75) is 68.0 Å². The van der Waals surface area contributed by atoms with Crippen LogP contribution in [0.3, 0.4) is 0 Å². The van der Waals surface area contributed by atoms with Crippen molar-refractivity contribution in [3.8, 4) is 0 Å². The number of carbonyl (C=O) groups is 4. The van der Waals surface area contributed by atoms with Crippen molar-refractivity contribution in [3.05, 3.63) is 112 Å². The van der Waals surface area contributed by atoms with Crippen LogP contribution in [-0.2, 0) is 34.4 Å². The summed E-state index contributed by atoms with van der Waals surface area (Å²) in [4.78, 5) is 70.3. The largest absolute Gasteiger partial charge is 0.448 e. The lowest BCUT2D eigenvalue weighted by Crippen LogP contribution is -2.72. The zero-order chi connectivity index (χ0) is 40.5. The molecule has 0 saturated carbocycles. The number of nitrogens with zero attached hydrogens (tertiary/aromatic N) is 5. The van der Waals surface area contributed by atoms with Crippen LogP contribution < -0.4 is 16.4 Å². The first kappa shape index (κ1) is 41.2. The maximum atomic E-state index is 14.6. The van der Waals surface area contributed by atoms with Gasteiger partial charge in [-0.15, -0.1) is 0 Å². The Kier molecular flexibility index (Phi) is 13.5. The van der Waals surface area contributed by atoms with Crippen LogP contribution in [0.5, 0.6) is 0 Å². The summed E-state index contributed by atoms with van der Waals surface area (Å²) in [5.41, 5.74) is 7.46. The summed E-state index contributed by atoms with van der Waals surface area (Å²) in [5, 5.41) is 9.44. The molecule has 0 bridgehead atoms. The summed E-state index contributed by atoms with van der Waals surface area (Å²) in [6.45, 7) is 5.84. The number of amides is 3. The number of hydrogen-bond donors (Lipinski definition) is 3. The van der Waals surface area contributed by atoms with Crippen molar-refractivity contribution >= 4 is 69.8 Å². The van der Waals surface area contributed by atoms with Gasteiger partial charge in [-0.25, -0.2) is 9.59 Å². The molecule has 2 atom stereocenters. The van der Waals surface area contributed by atoms with Gasteiger partial charge in [0.05, 0.1) is 6.04 Å². The second-order valence-corrected chi connectivity index (χ2v) is 16.8. The van der Waals surface area contributed by atoms with E-state index in [-0.39, 0.29) is 22.4 Å². The molecule has 18 heteroatoms. The number of oxime groups is 1. The van der Waals surface area contributed by atoms with Crippen molar-refractivity contribution < 1.29 is 33.5 Å². The second kappa shape index (κ2) is 18.7. The fourth-order valence-corrected chi connectivity index (χ4v) is 8.67. The van der Waals surface area contributed by atoms with E-state index in [1.54, 1.807) is 24.2 Å². The average molecular weight is 831 g/mol.